The maximum Gasteiger partial charge on any atom is 0.338 e. The number of ether oxygens (including phenoxy) is 1. The number of esters is 1. The minimum Gasteiger partial charge on any atom is -0.462 e. The largest absolute Gasteiger partial charge is 0.462 e. The SMILES string of the molecule is CCOC(=O)c1ccc(N(CC[C@@H](O)CN=[N+]=[N-])S(=O)(=O)c2ccc(C)cc2)cc1. The van der Waals surface area contributed by atoms with Crippen molar-refractivity contribution < 1.29 is 23.1 Å². The molecule has 0 aliphatic carbocycles. The molecule has 0 spiro atoms. The molecule has 0 aliphatic rings. The van der Waals surface area contributed by atoms with E-state index in [1.807, 2.05) is 6.92 Å². The van der Waals surface area contributed by atoms with E-state index in [2.05, 4.69) is 10.0 Å². The average molecular weight is 433 g/mol. The summed E-state index contributed by atoms with van der Waals surface area (Å²) in [6.45, 7) is 3.59. The summed E-state index contributed by atoms with van der Waals surface area (Å²) < 4.78 is 32.6. The van der Waals surface area contributed by atoms with Crippen LogP contribution in [-0.4, -0.2) is 45.3 Å². The number of anilines is 1. The Kier molecular flexibility index (Phi) is 8.23. The first kappa shape index (κ1) is 23.2. The number of carbonyl (C=O) groups is 1. The number of aryl methyl sites for hydroxylation is 1. The van der Waals surface area contributed by atoms with Crippen LogP contribution in [-0.2, 0) is 14.8 Å². The Hall–Kier alpha value is -3.07. The van der Waals surface area contributed by atoms with E-state index < -0.39 is 22.1 Å². The molecule has 2 rings (SSSR count). The van der Waals surface area contributed by atoms with Crippen molar-refractivity contribution in [2.75, 3.05) is 24.0 Å². The molecule has 30 heavy (non-hydrogen) atoms. The number of rotatable bonds is 10. The van der Waals surface area contributed by atoms with E-state index in [1.165, 1.54) is 36.4 Å². The highest BCUT2D eigenvalue weighted by molar-refractivity contribution is 7.92. The lowest BCUT2D eigenvalue weighted by Crippen LogP contribution is -2.34. The number of hydrogen-bond donors (Lipinski definition) is 1. The van der Waals surface area contributed by atoms with E-state index in [-0.39, 0.29) is 31.0 Å². The summed E-state index contributed by atoms with van der Waals surface area (Å²) in [5.74, 6) is -0.498. The molecule has 0 unspecified atom stereocenters. The van der Waals surface area contributed by atoms with E-state index >= 15 is 0 Å². The highest BCUT2D eigenvalue weighted by atomic mass is 32.2. The van der Waals surface area contributed by atoms with Gasteiger partial charge in [-0.1, -0.05) is 22.8 Å². The van der Waals surface area contributed by atoms with Gasteiger partial charge < -0.3 is 9.84 Å². The van der Waals surface area contributed by atoms with Crippen molar-refractivity contribution in [1.29, 1.82) is 0 Å². The first-order chi connectivity index (χ1) is 14.3. The van der Waals surface area contributed by atoms with Gasteiger partial charge in [-0.2, -0.15) is 0 Å². The second-order valence-corrected chi connectivity index (χ2v) is 8.38. The fourth-order valence-electron chi connectivity index (χ4n) is 2.69. The first-order valence-electron chi connectivity index (χ1n) is 9.35. The van der Waals surface area contributed by atoms with E-state index in [0.717, 1.165) is 9.87 Å². The zero-order chi connectivity index (χ0) is 22.1. The molecule has 0 heterocycles. The fraction of sp³-hybridized carbons (Fsp3) is 0.350. The third kappa shape index (κ3) is 5.96. The molecule has 1 N–H and O–H groups in total. The smallest absolute Gasteiger partial charge is 0.338 e. The van der Waals surface area contributed by atoms with Crippen LogP contribution in [0.1, 0.15) is 29.3 Å². The summed E-state index contributed by atoms with van der Waals surface area (Å²) in [4.78, 5) is 14.6. The van der Waals surface area contributed by atoms with Crippen molar-refractivity contribution in [3.05, 3.63) is 70.1 Å². The Morgan fingerprint density at radius 2 is 1.83 bits per heavy atom. The van der Waals surface area contributed by atoms with E-state index in [0.29, 0.717) is 11.3 Å². The summed E-state index contributed by atoms with van der Waals surface area (Å²) >= 11 is 0. The topological polar surface area (TPSA) is 133 Å². The molecule has 2 aromatic rings. The molecule has 10 heteroatoms. The van der Waals surface area contributed by atoms with Crippen molar-refractivity contribution in [2.24, 2.45) is 5.11 Å². The van der Waals surface area contributed by atoms with Crippen LogP contribution in [0.5, 0.6) is 0 Å². The number of hydrogen-bond acceptors (Lipinski definition) is 6. The number of sulfonamides is 1. The molecular weight excluding hydrogens is 408 g/mol. The molecule has 1 atom stereocenters. The summed E-state index contributed by atoms with van der Waals surface area (Å²) in [5, 5.41) is 13.3. The number of carbonyl (C=O) groups excluding carboxylic acids is 1. The van der Waals surface area contributed by atoms with Crippen molar-refractivity contribution in [3.8, 4) is 0 Å². The minimum absolute atomic E-state index is 0.0446. The number of benzene rings is 2. The second kappa shape index (κ2) is 10.6. The summed E-state index contributed by atoms with van der Waals surface area (Å²) in [6, 6.07) is 12.4. The first-order valence-corrected chi connectivity index (χ1v) is 10.8. The molecule has 0 bridgehead atoms. The monoisotopic (exact) mass is 432 g/mol. The average Bonchev–Trinajstić information content (AvgIpc) is 2.73. The zero-order valence-corrected chi connectivity index (χ0v) is 17.6. The second-order valence-electron chi connectivity index (χ2n) is 6.51. The van der Waals surface area contributed by atoms with Gasteiger partial charge in [0.05, 0.1) is 35.4 Å². The molecule has 0 aromatic heterocycles. The molecule has 0 saturated carbocycles. The number of aliphatic hydroxyl groups is 1. The van der Waals surface area contributed by atoms with Crippen LogP contribution in [0.3, 0.4) is 0 Å². The third-order valence-corrected chi connectivity index (χ3v) is 6.14. The van der Waals surface area contributed by atoms with Crippen LogP contribution in [0.4, 0.5) is 5.69 Å². The summed E-state index contributed by atoms with van der Waals surface area (Å²) in [6.07, 6.45) is -0.931. The van der Waals surface area contributed by atoms with Crippen molar-refractivity contribution in [1.82, 2.24) is 0 Å². The molecule has 160 valence electrons. The molecular formula is C20H24N4O5S. The number of aliphatic hydroxyl groups excluding tert-OH is 1. The van der Waals surface area contributed by atoms with Gasteiger partial charge in [0.15, 0.2) is 0 Å². The molecule has 2 aromatic carbocycles. The van der Waals surface area contributed by atoms with E-state index in [1.54, 1.807) is 19.1 Å². The Morgan fingerprint density at radius 3 is 2.40 bits per heavy atom. The Balaban J connectivity index is 2.36. The zero-order valence-electron chi connectivity index (χ0n) is 16.8. The van der Waals surface area contributed by atoms with Gasteiger partial charge in [0.2, 0.25) is 0 Å². The standard InChI is InChI=1S/C20H24N4O5S/c1-3-29-20(26)16-6-8-17(9-7-16)24(13-12-18(25)14-22-23-21)30(27,28)19-10-4-15(2)5-11-19/h4-11,18,25H,3,12-14H2,1-2H3/t18-/m1/s1. The van der Waals surface area contributed by atoms with Gasteiger partial charge in [-0.3, -0.25) is 4.31 Å². The van der Waals surface area contributed by atoms with Gasteiger partial charge in [0.25, 0.3) is 10.0 Å². The van der Waals surface area contributed by atoms with Gasteiger partial charge in [-0.25, -0.2) is 13.2 Å². The van der Waals surface area contributed by atoms with Crippen LogP contribution in [0.15, 0.2) is 58.5 Å². The normalized spacial score (nSPS) is 12.0. The predicted octanol–water partition coefficient (Wildman–Crippen LogP) is 3.43. The lowest BCUT2D eigenvalue weighted by molar-refractivity contribution is 0.0526. The predicted molar refractivity (Wildman–Crippen MR) is 113 cm³/mol. The number of azide groups is 1. The van der Waals surface area contributed by atoms with E-state index in [4.69, 9.17) is 10.3 Å². The highest BCUT2D eigenvalue weighted by Gasteiger charge is 2.25. The van der Waals surface area contributed by atoms with E-state index in [9.17, 15) is 18.3 Å². The van der Waals surface area contributed by atoms with Gasteiger partial charge in [-0.05, 0) is 62.2 Å². The van der Waals surface area contributed by atoms with Crippen LogP contribution < -0.4 is 4.31 Å². The maximum atomic E-state index is 13.3. The Labute approximate surface area is 175 Å². The van der Waals surface area contributed by atoms with Crippen LogP contribution in [0.25, 0.3) is 10.4 Å². The van der Waals surface area contributed by atoms with Crippen LogP contribution in [0.2, 0.25) is 0 Å². The Morgan fingerprint density at radius 1 is 1.20 bits per heavy atom. The molecule has 0 saturated heterocycles. The molecule has 9 nitrogen and oxygen atoms in total. The number of nitrogens with zero attached hydrogens (tertiary/aromatic N) is 4. The van der Waals surface area contributed by atoms with Crippen molar-refractivity contribution in [2.45, 2.75) is 31.3 Å². The van der Waals surface area contributed by atoms with Gasteiger partial charge in [0, 0.05) is 11.5 Å². The fourth-order valence-corrected chi connectivity index (χ4v) is 4.17. The quantitative estimate of drug-likeness (QED) is 0.266. The lowest BCUT2D eigenvalue weighted by Gasteiger charge is -2.25. The maximum absolute atomic E-state index is 13.3. The van der Waals surface area contributed by atoms with Crippen LogP contribution >= 0.6 is 0 Å². The molecule has 0 amide bonds. The molecule has 0 radical (unpaired) electrons. The summed E-state index contributed by atoms with van der Waals surface area (Å²) in [5.41, 5.74) is 9.94. The minimum atomic E-state index is -3.93. The van der Waals surface area contributed by atoms with Crippen molar-refractivity contribution >= 4 is 21.7 Å². The lowest BCUT2D eigenvalue weighted by atomic mass is 10.2. The Bertz CT molecular complexity index is 1000. The summed E-state index contributed by atoms with van der Waals surface area (Å²) in [7, 11) is -3.93. The highest BCUT2D eigenvalue weighted by Crippen LogP contribution is 2.25. The van der Waals surface area contributed by atoms with Gasteiger partial charge >= 0.3 is 5.97 Å². The van der Waals surface area contributed by atoms with Gasteiger partial charge in [-0.15, -0.1) is 0 Å². The third-order valence-electron chi connectivity index (χ3n) is 4.30. The molecule has 0 aliphatic heterocycles. The molecule has 0 fully saturated rings. The van der Waals surface area contributed by atoms with Gasteiger partial charge in [0.1, 0.15) is 0 Å². The van der Waals surface area contributed by atoms with Crippen LogP contribution in [0, 0.1) is 6.92 Å². The van der Waals surface area contributed by atoms with Crippen molar-refractivity contribution in [3.63, 3.8) is 0 Å².